The minimum atomic E-state index is -0.740. The summed E-state index contributed by atoms with van der Waals surface area (Å²) in [7, 11) is 0. The molecule has 1 unspecified atom stereocenters. The van der Waals surface area contributed by atoms with E-state index in [1.165, 1.54) is 17.9 Å². The van der Waals surface area contributed by atoms with Gasteiger partial charge >= 0.3 is 11.8 Å². The number of H-pyrrole nitrogens is 1. The molecule has 43 heavy (non-hydrogen) atoms. The van der Waals surface area contributed by atoms with Gasteiger partial charge in [0.1, 0.15) is 6.54 Å². The molecule has 11 heteroatoms. The molecule has 2 saturated carbocycles. The fourth-order valence-electron chi connectivity index (χ4n) is 6.78. The lowest BCUT2D eigenvalue weighted by atomic mass is 9.86. The van der Waals surface area contributed by atoms with Gasteiger partial charge in [0.25, 0.3) is 0 Å². The number of aromatic amines is 1. The van der Waals surface area contributed by atoms with E-state index in [9.17, 15) is 19.2 Å². The maximum Gasteiger partial charge on any atom is 0.460 e. The van der Waals surface area contributed by atoms with Gasteiger partial charge in [-0.3, -0.25) is 14.5 Å². The topological polar surface area (TPSA) is 141 Å². The van der Waals surface area contributed by atoms with Crippen molar-refractivity contribution in [3.05, 3.63) is 64.6 Å². The number of aromatic nitrogens is 2. The molecule has 3 amide bonds. The van der Waals surface area contributed by atoms with E-state index in [1.54, 1.807) is 29.2 Å². The second-order valence-corrected chi connectivity index (χ2v) is 11.9. The Bertz CT molecular complexity index is 1520. The summed E-state index contributed by atoms with van der Waals surface area (Å²) in [5, 5.41) is 6.71. The maximum absolute atomic E-state index is 14.2. The number of amides is 3. The van der Waals surface area contributed by atoms with E-state index in [2.05, 4.69) is 25.4 Å². The molecular formula is C32H38N6O5. The molecule has 2 fully saturated rings. The summed E-state index contributed by atoms with van der Waals surface area (Å²) in [6, 6.07) is 14.1. The highest BCUT2D eigenvalue weighted by Gasteiger charge is 2.38. The highest BCUT2D eigenvalue weighted by Crippen LogP contribution is 2.40. The Balaban J connectivity index is 1.27. The highest BCUT2D eigenvalue weighted by atomic mass is 16.5. The van der Waals surface area contributed by atoms with Gasteiger partial charge in [-0.25, -0.2) is 20.0 Å². The van der Waals surface area contributed by atoms with Crippen molar-refractivity contribution in [1.29, 1.82) is 0 Å². The quantitative estimate of drug-likeness (QED) is 0.309. The highest BCUT2D eigenvalue weighted by molar-refractivity contribution is 6.02. The summed E-state index contributed by atoms with van der Waals surface area (Å²) in [5.41, 5.74) is 6.22. The zero-order valence-electron chi connectivity index (χ0n) is 24.2. The number of carbonyl (C=O) groups is 3. The molecule has 2 aliphatic carbocycles. The summed E-state index contributed by atoms with van der Waals surface area (Å²) in [4.78, 5) is 57.7. The first-order valence-corrected chi connectivity index (χ1v) is 15.4. The third-order valence-electron chi connectivity index (χ3n) is 8.97. The normalized spacial score (nSPS) is 20.0. The number of benzene rings is 2. The van der Waals surface area contributed by atoms with Crippen LogP contribution in [0.3, 0.4) is 0 Å². The van der Waals surface area contributed by atoms with Crippen molar-refractivity contribution in [2.24, 2.45) is 11.8 Å². The Morgan fingerprint density at radius 3 is 2.40 bits per heavy atom. The summed E-state index contributed by atoms with van der Waals surface area (Å²) >= 11 is 0. The molecule has 226 valence electrons. The number of hydrogen-bond donors (Lipinski definition) is 3. The van der Waals surface area contributed by atoms with Crippen molar-refractivity contribution in [3.63, 3.8) is 0 Å². The Labute approximate surface area is 250 Å². The smallest absolute Gasteiger partial charge is 0.324 e. The number of para-hydroxylation sites is 1. The van der Waals surface area contributed by atoms with Gasteiger partial charge in [0.2, 0.25) is 5.91 Å². The molecule has 6 rings (SSSR count). The SMILES string of the molecule is O=C(CN1NC(C2CCCCCC2)c2ccccc2N(CC(=O)C2CCCC2)C1=O)Nc1cccc(-c2nc(=O)o[nH]2)c1. The minimum Gasteiger partial charge on any atom is -0.324 e. The number of nitrogens with zero attached hydrogens (tertiary/aromatic N) is 3. The van der Waals surface area contributed by atoms with E-state index >= 15 is 0 Å². The van der Waals surface area contributed by atoms with Crippen LogP contribution in [0.1, 0.15) is 75.8 Å². The predicted molar refractivity (Wildman–Crippen MR) is 161 cm³/mol. The number of hydrogen-bond acceptors (Lipinski definition) is 7. The number of nitrogens with one attached hydrogen (secondary N) is 3. The largest absolute Gasteiger partial charge is 0.460 e. The number of urea groups is 1. The summed E-state index contributed by atoms with van der Waals surface area (Å²) in [6.07, 6.45) is 10.5. The summed E-state index contributed by atoms with van der Waals surface area (Å²) < 4.78 is 4.67. The molecule has 0 saturated heterocycles. The average molecular weight is 587 g/mol. The number of fused-ring (bicyclic) bond motifs is 1. The van der Waals surface area contributed by atoms with Crippen molar-refractivity contribution in [2.45, 2.75) is 70.3 Å². The number of Topliss-reactive ketones (excluding diaryl/α,β-unsaturated/α-hetero) is 1. The number of hydrazine groups is 1. The molecule has 2 heterocycles. The van der Waals surface area contributed by atoms with E-state index in [4.69, 9.17) is 0 Å². The molecule has 3 N–H and O–H groups in total. The number of rotatable bonds is 8. The Kier molecular flexibility index (Phi) is 8.69. The van der Waals surface area contributed by atoms with Gasteiger partial charge in [0, 0.05) is 17.2 Å². The molecule has 11 nitrogen and oxygen atoms in total. The van der Waals surface area contributed by atoms with Gasteiger partial charge in [0.05, 0.1) is 18.3 Å². The summed E-state index contributed by atoms with van der Waals surface area (Å²) in [5.74, 6) is -0.571. The fraction of sp³-hybridized carbons (Fsp3) is 0.469. The third kappa shape index (κ3) is 6.56. The maximum atomic E-state index is 14.2. The van der Waals surface area contributed by atoms with Crippen LogP contribution in [0.25, 0.3) is 11.4 Å². The van der Waals surface area contributed by atoms with Gasteiger partial charge in [-0.1, -0.05) is 68.9 Å². The van der Waals surface area contributed by atoms with Crippen LogP contribution >= 0.6 is 0 Å². The zero-order chi connectivity index (χ0) is 29.8. The lowest BCUT2D eigenvalue weighted by Crippen LogP contribution is -2.53. The third-order valence-corrected chi connectivity index (χ3v) is 8.97. The standard InChI is InChI=1S/C32H38N6O5/c39-27(21-10-5-6-11-21)19-37-26-17-8-7-16-25(26)29(22-12-3-1-2-4-13-22)35-38(32(37)42)20-28(40)33-24-15-9-14-23(18-24)30-34-31(41)43-36-30/h7-9,14-18,21-22,29,35H,1-6,10-13,19-20H2,(H,33,40)(H,34,36,41). The fourth-order valence-corrected chi connectivity index (χ4v) is 6.78. The Hall–Kier alpha value is -4.25. The van der Waals surface area contributed by atoms with Crippen LogP contribution in [0.2, 0.25) is 0 Å². The number of ketones is 1. The van der Waals surface area contributed by atoms with Gasteiger partial charge in [-0.2, -0.15) is 10.1 Å². The van der Waals surface area contributed by atoms with Crippen LogP contribution in [-0.4, -0.2) is 46.0 Å². The summed E-state index contributed by atoms with van der Waals surface area (Å²) in [6.45, 7) is -0.273. The van der Waals surface area contributed by atoms with Gasteiger partial charge < -0.3 is 9.84 Å². The first kappa shape index (κ1) is 28.9. The minimum absolute atomic E-state index is 0.0182. The van der Waals surface area contributed by atoms with E-state index in [0.717, 1.165) is 62.6 Å². The molecule has 3 aromatic rings. The van der Waals surface area contributed by atoms with Crippen molar-refractivity contribution >= 4 is 29.1 Å². The first-order valence-electron chi connectivity index (χ1n) is 15.4. The second-order valence-electron chi connectivity index (χ2n) is 11.9. The molecular weight excluding hydrogens is 548 g/mol. The number of carbonyl (C=O) groups excluding carboxylic acids is 3. The second kappa shape index (κ2) is 12.9. The van der Waals surface area contributed by atoms with E-state index < -0.39 is 17.7 Å². The Morgan fingerprint density at radius 1 is 0.907 bits per heavy atom. The Morgan fingerprint density at radius 2 is 1.65 bits per heavy atom. The van der Waals surface area contributed by atoms with Crippen LogP contribution in [-0.2, 0) is 9.59 Å². The van der Waals surface area contributed by atoms with Gasteiger partial charge in [-0.05, 0) is 55.4 Å². The van der Waals surface area contributed by atoms with Crippen LogP contribution in [0.4, 0.5) is 16.2 Å². The molecule has 1 atom stereocenters. The van der Waals surface area contributed by atoms with Gasteiger partial charge in [0.15, 0.2) is 11.6 Å². The molecule has 0 bridgehead atoms. The van der Waals surface area contributed by atoms with E-state index in [1.807, 2.05) is 24.3 Å². The van der Waals surface area contributed by atoms with Crippen LogP contribution in [0.15, 0.2) is 57.8 Å². The van der Waals surface area contributed by atoms with Gasteiger partial charge in [-0.15, -0.1) is 0 Å². The van der Waals surface area contributed by atoms with Crippen molar-refractivity contribution in [2.75, 3.05) is 23.3 Å². The predicted octanol–water partition coefficient (Wildman–Crippen LogP) is 5.19. The van der Waals surface area contributed by atoms with Crippen molar-refractivity contribution in [1.82, 2.24) is 20.6 Å². The first-order chi connectivity index (χ1) is 21.0. The van der Waals surface area contributed by atoms with Crippen LogP contribution in [0.5, 0.6) is 0 Å². The lowest BCUT2D eigenvalue weighted by Gasteiger charge is -2.31. The van der Waals surface area contributed by atoms with Crippen molar-refractivity contribution in [3.8, 4) is 11.4 Å². The molecule has 0 radical (unpaired) electrons. The number of anilines is 2. The monoisotopic (exact) mass is 586 g/mol. The van der Waals surface area contributed by atoms with E-state index in [0.29, 0.717) is 11.3 Å². The molecule has 0 spiro atoms. The molecule has 1 aliphatic heterocycles. The molecule has 1 aromatic heterocycles. The average Bonchev–Trinajstić information content (AvgIpc) is 3.62. The molecule has 3 aliphatic rings. The van der Waals surface area contributed by atoms with Crippen LogP contribution in [0, 0.1) is 11.8 Å². The van der Waals surface area contributed by atoms with Crippen LogP contribution < -0.4 is 21.4 Å². The van der Waals surface area contributed by atoms with Crippen molar-refractivity contribution < 1.29 is 18.9 Å². The molecule has 2 aromatic carbocycles. The zero-order valence-corrected chi connectivity index (χ0v) is 24.2. The lowest BCUT2D eigenvalue weighted by molar-refractivity contribution is -0.121. The van der Waals surface area contributed by atoms with E-state index in [-0.39, 0.29) is 42.6 Å².